The summed E-state index contributed by atoms with van der Waals surface area (Å²) >= 11 is 0. The molecule has 0 bridgehead atoms. The summed E-state index contributed by atoms with van der Waals surface area (Å²) in [5, 5.41) is 19.3. The Hall–Kier alpha value is -1.51. The fraction of sp³-hybridized carbons (Fsp3) is 0.500. The third-order valence-corrected chi connectivity index (χ3v) is 4.80. The highest BCUT2D eigenvalue weighted by Gasteiger charge is 2.27. The highest BCUT2D eigenvalue weighted by Crippen LogP contribution is 2.13. The molecule has 0 atom stereocenters. The number of hydrogen-bond acceptors (Lipinski definition) is 6. The van der Waals surface area contributed by atoms with Gasteiger partial charge in [-0.1, -0.05) is 11.2 Å². The summed E-state index contributed by atoms with van der Waals surface area (Å²) in [5.74, 6) is 0. The van der Waals surface area contributed by atoms with E-state index in [9.17, 15) is 8.42 Å². The molecule has 8 heteroatoms. The van der Waals surface area contributed by atoms with E-state index in [0.717, 1.165) is 25.9 Å². The lowest BCUT2D eigenvalue weighted by molar-refractivity contribution is 0.320. The third-order valence-electron chi connectivity index (χ3n) is 3.31. The molecule has 0 aromatic rings. The average Bonchev–Trinajstić information content (AvgIpc) is 2.91. The Balaban J connectivity index is 2.00. The maximum atomic E-state index is 12.2. The van der Waals surface area contributed by atoms with Crippen LogP contribution in [0.15, 0.2) is 28.3 Å². The molecule has 110 valence electrons. The number of rotatable bonds is 5. The fourth-order valence-electron chi connectivity index (χ4n) is 2.26. The van der Waals surface area contributed by atoms with Gasteiger partial charge in [0.05, 0.1) is 5.71 Å². The summed E-state index contributed by atoms with van der Waals surface area (Å²) in [6, 6.07) is 0. The molecule has 1 saturated heterocycles. The van der Waals surface area contributed by atoms with Gasteiger partial charge in [0.25, 0.3) is 0 Å². The van der Waals surface area contributed by atoms with Crippen LogP contribution in [-0.4, -0.2) is 56.1 Å². The van der Waals surface area contributed by atoms with Gasteiger partial charge in [0.2, 0.25) is 10.0 Å². The Morgan fingerprint density at radius 1 is 1.40 bits per heavy atom. The lowest BCUT2D eigenvalue weighted by Crippen LogP contribution is -2.36. The van der Waals surface area contributed by atoms with Crippen molar-refractivity contribution in [3.8, 4) is 0 Å². The summed E-state index contributed by atoms with van der Waals surface area (Å²) < 4.78 is 26.8. The van der Waals surface area contributed by atoms with Crippen LogP contribution >= 0.6 is 0 Å². The van der Waals surface area contributed by atoms with E-state index in [1.165, 1.54) is 18.2 Å². The van der Waals surface area contributed by atoms with Gasteiger partial charge in [-0.2, -0.15) is 0 Å². The van der Waals surface area contributed by atoms with E-state index in [2.05, 4.69) is 14.8 Å². The molecule has 0 amide bonds. The van der Waals surface area contributed by atoms with Gasteiger partial charge in [-0.25, -0.2) is 13.1 Å². The highest BCUT2D eigenvalue weighted by molar-refractivity contribution is 7.94. The van der Waals surface area contributed by atoms with E-state index >= 15 is 0 Å². The number of hydrogen-bond donors (Lipinski definition) is 3. The first-order chi connectivity index (χ1) is 9.54. The molecule has 2 rings (SSSR count). The molecule has 7 nitrogen and oxygen atoms in total. The zero-order valence-electron chi connectivity index (χ0n) is 11.0. The van der Waals surface area contributed by atoms with E-state index < -0.39 is 10.0 Å². The minimum absolute atomic E-state index is 0.130. The first-order valence-electron chi connectivity index (χ1n) is 6.46. The molecular weight excluding hydrogens is 280 g/mol. The van der Waals surface area contributed by atoms with Gasteiger partial charge in [0.15, 0.2) is 0 Å². The quantitative estimate of drug-likeness (QED) is 0.386. The summed E-state index contributed by atoms with van der Waals surface area (Å²) in [6.07, 6.45) is 6.46. The lowest BCUT2D eigenvalue weighted by atomic mass is 10.1. The first kappa shape index (κ1) is 14.9. The summed E-state index contributed by atoms with van der Waals surface area (Å²) in [5.41, 5.74) is -0.365. The van der Waals surface area contributed by atoms with Crippen molar-refractivity contribution in [1.29, 1.82) is 5.41 Å². The van der Waals surface area contributed by atoms with E-state index in [1.54, 1.807) is 0 Å². The van der Waals surface area contributed by atoms with Crippen LogP contribution < -0.4 is 4.72 Å². The van der Waals surface area contributed by atoms with Crippen LogP contribution in [-0.2, 0) is 10.0 Å². The number of allylic oxidation sites excluding steroid dienone is 4. The second-order valence-electron chi connectivity index (χ2n) is 4.70. The Kier molecular flexibility index (Phi) is 4.69. The highest BCUT2D eigenvalue weighted by atomic mass is 32.2. The van der Waals surface area contributed by atoms with E-state index in [0.29, 0.717) is 13.1 Å². The number of sulfonamides is 1. The minimum Gasteiger partial charge on any atom is -0.410 e. The largest absolute Gasteiger partial charge is 0.410 e. The minimum atomic E-state index is -3.77. The molecule has 0 radical (unpaired) electrons. The number of nitrogens with one attached hydrogen (secondary N) is 2. The maximum Gasteiger partial charge on any atom is 0.242 e. The molecule has 20 heavy (non-hydrogen) atoms. The van der Waals surface area contributed by atoms with Crippen molar-refractivity contribution in [2.75, 3.05) is 26.2 Å². The second-order valence-corrected chi connectivity index (χ2v) is 6.43. The standard InChI is InChI=1S/C12H18N4O3S/c13-10-4-3-5-11(12(10)15-17)20(18,19)14-6-9-16-7-1-2-8-16/h3-5,13-14,17H,1-2,6-9H2/b13-10?,15-12+. The number of likely N-dealkylation sites (tertiary alicyclic amines) is 1. The van der Waals surface area contributed by atoms with E-state index in [1.807, 2.05) is 0 Å². The fourth-order valence-corrected chi connectivity index (χ4v) is 3.44. The van der Waals surface area contributed by atoms with Crippen molar-refractivity contribution in [1.82, 2.24) is 9.62 Å². The van der Waals surface area contributed by atoms with Crippen LogP contribution in [0, 0.1) is 5.41 Å². The molecule has 2 aliphatic rings. The van der Waals surface area contributed by atoms with E-state index in [-0.39, 0.29) is 16.3 Å². The van der Waals surface area contributed by atoms with Crippen LogP contribution in [0.4, 0.5) is 0 Å². The molecule has 1 heterocycles. The molecular formula is C12H18N4O3S. The van der Waals surface area contributed by atoms with Crippen LogP contribution in [0.3, 0.4) is 0 Å². The van der Waals surface area contributed by atoms with Crippen molar-refractivity contribution in [2.24, 2.45) is 5.16 Å². The van der Waals surface area contributed by atoms with Gasteiger partial charge in [-0.15, -0.1) is 0 Å². The van der Waals surface area contributed by atoms with Gasteiger partial charge < -0.3 is 10.1 Å². The van der Waals surface area contributed by atoms with Crippen molar-refractivity contribution in [3.63, 3.8) is 0 Å². The van der Waals surface area contributed by atoms with Gasteiger partial charge in [-0.3, -0.25) is 5.41 Å². The monoisotopic (exact) mass is 298 g/mol. The van der Waals surface area contributed by atoms with E-state index in [4.69, 9.17) is 10.6 Å². The maximum absolute atomic E-state index is 12.2. The van der Waals surface area contributed by atoms with Crippen LogP contribution in [0.2, 0.25) is 0 Å². The Bertz CT molecular complexity index is 572. The van der Waals surface area contributed by atoms with Crippen LogP contribution in [0.1, 0.15) is 12.8 Å². The van der Waals surface area contributed by atoms with Crippen LogP contribution in [0.25, 0.3) is 0 Å². The van der Waals surface area contributed by atoms with Gasteiger partial charge in [-0.05, 0) is 38.1 Å². The van der Waals surface area contributed by atoms with Crippen molar-refractivity contribution >= 4 is 21.4 Å². The number of nitrogens with zero attached hydrogens (tertiary/aromatic N) is 2. The number of oxime groups is 1. The van der Waals surface area contributed by atoms with Crippen LogP contribution in [0.5, 0.6) is 0 Å². The first-order valence-corrected chi connectivity index (χ1v) is 7.94. The SMILES string of the molecule is N=C1C=CC=C(S(=O)(=O)NCCN2CCCC2)/C1=N/O. The smallest absolute Gasteiger partial charge is 0.242 e. The molecule has 0 spiro atoms. The predicted octanol–water partition coefficient (Wildman–Crippen LogP) is 0.305. The molecule has 1 aliphatic heterocycles. The summed E-state index contributed by atoms with van der Waals surface area (Å²) in [4.78, 5) is 2.02. The zero-order chi connectivity index (χ0) is 14.6. The average molecular weight is 298 g/mol. The predicted molar refractivity (Wildman–Crippen MR) is 76.8 cm³/mol. The molecule has 1 aliphatic carbocycles. The molecule has 1 fully saturated rings. The normalized spacial score (nSPS) is 22.5. The Morgan fingerprint density at radius 3 is 2.75 bits per heavy atom. The third kappa shape index (κ3) is 3.33. The molecule has 3 N–H and O–H groups in total. The second kappa shape index (κ2) is 6.29. The van der Waals surface area contributed by atoms with Gasteiger partial charge in [0.1, 0.15) is 10.6 Å². The van der Waals surface area contributed by atoms with Gasteiger partial charge in [0, 0.05) is 13.1 Å². The topological polar surface area (TPSA) is 106 Å². The van der Waals surface area contributed by atoms with Crippen molar-refractivity contribution < 1.29 is 13.6 Å². The lowest BCUT2D eigenvalue weighted by Gasteiger charge is -2.16. The van der Waals surface area contributed by atoms with Crippen molar-refractivity contribution in [2.45, 2.75) is 12.8 Å². The molecule has 0 aromatic heterocycles. The summed E-state index contributed by atoms with van der Waals surface area (Å²) in [7, 11) is -3.77. The Labute approximate surface area is 118 Å². The Morgan fingerprint density at radius 2 is 2.10 bits per heavy atom. The molecule has 0 unspecified atom stereocenters. The zero-order valence-corrected chi connectivity index (χ0v) is 11.9. The van der Waals surface area contributed by atoms with Gasteiger partial charge >= 0.3 is 0 Å². The molecule has 0 aromatic carbocycles. The summed E-state index contributed by atoms with van der Waals surface area (Å²) in [6.45, 7) is 2.96. The molecule has 0 saturated carbocycles. The van der Waals surface area contributed by atoms with Crippen molar-refractivity contribution in [3.05, 3.63) is 23.1 Å².